The molecule has 1 aliphatic heterocycles. The minimum Gasteiger partial charge on any atom is -0.493 e. The van der Waals surface area contributed by atoms with Crippen LogP contribution in [0.25, 0.3) is 11.4 Å². The largest absolute Gasteiger partial charge is 0.493 e. The van der Waals surface area contributed by atoms with Gasteiger partial charge in [-0.15, -0.1) is 10.2 Å². The van der Waals surface area contributed by atoms with Crippen LogP contribution in [-0.2, 0) is 11.8 Å². The van der Waals surface area contributed by atoms with E-state index in [4.69, 9.17) is 9.47 Å². The van der Waals surface area contributed by atoms with E-state index in [1.165, 1.54) is 11.8 Å². The third-order valence-electron chi connectivity index (χ3n) is 4.86. The summed E-state index contributed by atoms with van der Waals surface area (Å²) >= 11 is 1.45. The zero-order chi connectivity index (χ0) is 21.3. The summed E-state index contributed by atoms with van der Waals surface area (Å²) in [5, 5.41) is 9.18. The highest BCUT2D eigenvalue weighted by Crippen LogP contribution is 2.33. The topological polar surface area (TPSA) is 91.0 Å². The number of benzene rings is 1. The maximum atomic E-state index is 12.3. The van der Waals surface area contributed by atoms with Gasteiger partial charge in [-0.25, -0.2) is 4.99 Å². The lowest BCUT2D eigenvalue weighted by Gasteiger charge is -2.20. The fourth-order valence-electron chi connectivity index (χ4n) is 3.22. The average Bonchev–Trinajstić information content (AvgIpc) is 3.13. The molecule has 2 atom stereocenters. The highest BCUT2D eigenvalue weighted by molar-refractivity contribution is 8.00. The second-order valence-corrected chi connectivity index (χ2v) is 8.07. The second kappa shape index (κ2) is 8.27. The normalized spacial score (nSPS) is 18.5. The first-order valence-corrected chi connectivity index (χ1v) is 10.2. The molecule has 1 aromatic heterocycles. The van der Waals surface area contributed by atoms with Gasteiger partial charge in [0.1, 0.15) is 11.8 Å². The summed E-state index contributed by atoms with van der Waals surface area (Å²) in [4.78, 5) is 21.1. The van der Waals surface area contributed by atoms with Crippen molar-refractivity contribution in [2.24, 2.45) is 23.0 Å². The van der Waals surface area contributed by atoms with Crippen LogP contribution >= 0.6 is 11.8 Å². The number of thioether (sulfide) groups is 1. The molecule has 2 aliphatic rings. The molecule has 154 valence electrons. The summed E-state index contributed by atoms with van der Waals surface area (Å²) in [5.41, 5.74) is 1.58. The number of amides is 1. The molecule has 8 nitrogen and oxygen atoms in total. The maximum absolute atomic E-state index is 12.3. The Morgan fingerprint density at radius 2 is 1.90 bits per heavy atom. The van der Waals surface area contributed by atoms with E-state index in [2.05, 4.69) is 20.2 Å². The molecule has 0 radical (unpaired) electrons. The van der Waals surface area contributed by atoms with Gasteiger partial charge < -0.3 is 14.0 Å². The van der Waals surface area contributed by atoms with Crippen molar-refractivity contribution in [1.29, 1.82) is 0 Å². The van der Waals surface area contributed by atoms with E-state index in [0.29, 0.717) is 28.3 Å². The first-order valence-electron chi connectivity index (χ1n) is 9.36. The van der Waals surface area contributed by atoms with Gasteiger partial charge in [-0.2, -0.15) is 4.99 Å². The molecule has 0 N–H and O–H groups in total. The minimum atomic E-state index is -0.373. The molecule has 0 bridgehead atoms. The molecular weight excluding hydrogens is 402 g/mol. The number of amidine groups is 1. The lowest BCUT2D eigenvalue weighted by Crippen LogP contribution is -2.30. The Morgan fingerprint density at radius 3 is 2.67 bits per heavy atom. The molecule has 2 unspecified atom stereocenters. The van der Waals surface area contributed by atoms with Gasteiger partial charge in [0.2, 0.25) is 0 Å². The fourth-order valence-corrected chi connectivity index (χ4v) is 4.08. The third-order valence-corrected chi connectivity index (χ3v) is 5.99. The number of fused-ring (bicyclic) bond motifs is 1. The third kappa shape index (κ3) is 3.68. The summed E-state index contributed by atoms with van der Waals surface area (Å²) in [5.74, 6) is 1.90. The summed E-state index contributed by atoms with van der Waals surface area (Å²) < 4.78 is 12.6. The standard InChI is InChI=1S/C21H21N5O3S/c1-12(18-22-15-8-6-5-7-14(15)20(27)23-18)30-21-25-24-19(26(21)2)13-9-10-16(28-3)17(11-13)29-4/h5-12,14H,1-4H3. The molecule has 0 fully saturated rings. The van der Waals surface area contributed by atoms with Crippen molar-refractivity contribution < 1.29 is 14.3 Å². The van der Waals surface area contributed by atoms with Gasteiger partial charge in [-0.1, -0.05) is 30.0 Å². The smallest absolute Gasteiger partial charge is 0.260 e. The van der Waals surface area contributed by atoms with Crippen molar-refractivity contribution in [3.8, 4) is 22.9 Å². The van der Waals surface area contributed by atoms with Crippen LogP contribution in [0.5, 0.6) is 11.5 Å². The highest BCUT2D eigenvalue weighted by Gasteiger charge is 2.29. The summed E-state index contributed by atoms with van der Waals surface area (Å²) in [6.07, 6.45) is 7.39. The van der Waals surface area contributed by atoms with Crippen LogP contribution in [0.4, 0.5) is 0 Å². The zero-order valence-corrected chi connectivity index (χ0v) is 17.9. The maximum Gasteiger partial charge on any atom is 0.260 e. The fraction of sp³-hybridized carbons (Fsp3) is 0.286. The van der Waals surface area contributed by atoms with Gasteiger partial charge in [-0.05, 0) is 31.2 Å². The molecule has 1 aromatic carbocycles. The van der Waals surface area contributed by atoms with Crippen molar-refractivity contribution >= 4 is 29.2 Å². The van der Waals surface area contributed by atoms with E-state index in [-0.39, 0.29) is 17.1 Å². The van der Waals surface area contributed by atoms with E-state index in [9.17, 15) is 4.79 Å². The Morgan fingerprint density at radius 1 is 1.10 bits per heavy atom. The van der Waals surface area contributed by atoms with Crippen molar-refractivity contribution in [2.45, 2.75) is 17.3 Å². The molecule has 1 aliphatic carbocycles. The first-order chi connectivity index (χ1) is 14.5. The van der Waals surface area contributed by atoms with Crippen LogP contribution in [0.1, 0.15) is 6.92 Å². The van der Waals surface area contributed by atoms with E-state index >= 15 is 0 Å². The molecule has 0 spiro atoms. The Bertz CT molecular complexity index is 1120. The van der Waals surface area contributed by atoms with E-state index < -0.39 is 0 Å². The molecular formula is C21H21N5O3S. The van der Waals surface area contributed by atoms with E-state index in [1.54, 1.807) is 14.2 Å². The van der Waals surface area contributed by atoms with Crippen LogP contribution in [0.2, 0.25) is 0 Å². The van der Waals surface area contributed by atoms with Gasteiger partial charge in [0.05, 0.1) is 25.2 Å². The number of rotatable bonds is 6. The van der Waals surface area contributed by atoms with Crippen LogP contribution in [-0.4, -0.2) is 51.7 Å². The Labute approximate surface area is 178 Å². The number of hydrogen-bond acceptors (Lipinski definition) is 7. The Balaban J connectivity index is 1.56. The van der Waals surface area contributed by atoms with Crippen LogP contribution < -0.4 is 9.47 Å². The lowest BCUT2D eigenvalue weighted by atomic mass is 9.96. The summed E-state index contributed by atoms with van der Waals surface area (Å²) in [7, 11) is 5.09. The Hall–Kier alpha value is -3.20. The zero-order valence-electron chi connectivity index (χ0n) is 17.1. The number of nitrogens with zero attached hydrogens (tertiary/aromatic N) is 5. The molecule has 1 amide bonds. The molecule has 30 heavy (non-hydrogen) atoms. The number of methoxy groups -OCH3 is 2. The Kier molecular flexibility index (Phi) is 5.54. The number of aliphatic imine (C=N–C) groups is 2. The van der Waals surface area contributed by atoms with E-state index in [1.807, 2.05) is 61.0 Å². The second-order valence-electron chi connectivity index (χ2n) is 6.76. The van der Waals surface area contributed by atoms with Crippen molar-refractivity contribution in [3.05, 3.63) is 42.5 Å². The van der Waals surface area contributed by atoms with Crippen LogP contribution in [0.15, 0.2) is 57.6 Å². The predicted octanol–water partition coefficient (Wildman–Crippen LogP) is 3.10. The highest BCUT2D eigenvalue weighted by atomic mass is 32.2. The molecule has 0 saturated carbocycles. The number of carbonyl (C=O) groups is 1. The quantitative estimate of drug-likeness (QED) is 0.663. The molecule has 2 aromatic rings. The molecule has 9 heteroatoms. The average molecular weight is 423 g/mol. The number of allylic oxidation sites excluding steroid dienone is 3. The predicted molar refractivity (Wildman–Crippen MR) is 117 cm³/mol. The van der Waals surface area contributed by atoms with Gasteiger partial charge in [-0.3, -0.25) is 4.79 Å². The van der Waals surface area contributed by atoms with Crippen molar-refractivity contribution in [2.75, 3.05) is 14.2 Å². The van der Waals surface area contributed by atoms with Gasteiger partial charge in [0.15, 0.2) is 22.5 Å². The minimum absolute atomic E-state index is 0.164. The number of aromatic nitrogens is 3. The molecule has 4 rings (SSSR count). The molecule has 0 saturated heterocycles. The number of hydrogen-bond donors (Lipinski definition) is 0. The van der Waals surface area contributed by atoms with Crippen LogP contribution in [0.3, 0.4) is 0 Å². The molecule has 2 heterocycles. The SMILES string of the molecule is COc1ccc(-c2nnc(SC(C)C3=NC(=O)C4C=CC=CC4=N3)n2C)cc1OC. The summed E-state index contributed by atoms with van der Waals surface area (Å²) in [6, 6.07) is 5.60. The van der Waals surface area contributed by atoms with Gasteiger partial charge >= 0.3 is 0 Å². The number of carbonyl (C=O) groups excluding carboxylic acids is 1. The van der Waals surface area contributed by atoms with Gasteiger partial charge in [0.25, 0.3) is 5.91 Å². The number of ether oxygens (including phenoxy) is 2. The van der Waals surface area contributed by atoms with Crippen molar-refractivity contribution in [1.82, 2.24) is 14.8 Å². The lowest BCUT2D eigenvalue weighted by molar-refractivity contribution is -0.118. The van der Waals surface area contributed by atoms with Crippen LogP contribution in [0, 0.1) is 5.92 Å². The monoisotopic (exact) mass is 423 g/mol. The van der Waals surface area contributed by atoms with Gasteiger partial charge in [0, 0.05) is 12.6 Å². The first kappa shape index (κ1) is 20.1. The van der Waals surface area contributed by atoms with E-state index in [0.717, 1.165) is 11.3 Å². The summed E-state index contributed by atoms with van der Waals surface area (Å²) in [6.45, 7) is 1.95. The van der Waals surface area contributed by atoms with Crippen molar-refractivity contribution in [3.63, 3.8) is 0 Å².